The molecule has 0 unspecified atom stereocenters. The standard InChI is InChI=1S/C17H19N5OS/c1-12-3-5-13(6-4-12)22-16-14(11-18-22)15(19-17(20-16)24-2)21-7-9-23-10-8-21/h3-6,11H,7-10H2,1-2H3. The van der Waals surface area contributed by atoms with Gasteiger partial charge in [-0.15, -0.1) is 0 Å². The lowest BCUT2D eigenvalue weighted by Crippen LogP contribution is -2.37. The molecule has 2 aromatic heterocycles. The van der Waals surface area contributed by atoms with Crippen molar-refractivity contribution in [1.82, 2.24) is 19.7 Å². The first-order valence-electron chi connectivity index (χ1n) is 7.96. The third-order valence-corrected chi connectivity index (χ3v) is 4.71. The van der Waals surface area contributed by atoms with Crippen molar-refractivity contribution in [2.45, 2.75) is 12.1 Å². The molecule has 7 heteroatoms. The van der Waals surface area contributed by atoms with E-state index in [1.807, 2.05) is 17.1 Å². The van der Waals surface area contributed by atoms with Crippen LogP contribution in [0.1, 0.15) is 5.56 Å². The van der Waals surface area contributed by atoms with Crippen LogP contribution in [0.2, 0.25) is 0 Å². The summed E-state index contributed by atoms with van der Waals surface area (Å²) in [6.45, 7) is 5.22. The van der Waals surface area contributed by atoms with E-state index >= 15 is 0 Å². The molecule has 3 heterocycles. The molecule has 0 amide bonds. The number of aromatic nitrogens is 4. The Labute approximate surface area is 144 Å². The van der Waals surface area contributed by atoms with Gasteiger partial charge in [0.25, 0.3) is 0 Å². The quantitative estimate of drug-likeness (QED) is 0.539. The van der Waals surface area contributed by atoms with Crippen LogP contribution in [0.3, 0.4) is 0 Å². The highest BCUT2D eigenvalue weighted by atomic mass is 32.2. The number of thioether (sulfide) groups is 1. The summed E-state index contributed by atoms with van der Waals surface area (Å²) in [6, 6.07) is 8.30. The highest BCUT2D eigenvalue weighted by Gasteiger charge is 2.20. The molecule has 1 aliphatic rings. The van der Waals surface area contributed by atoms with Crippen LogP contribution in [-0.4, -0.2) is 52.3 Å². The maximum atomic E-state index is 5.46. The number of hydrogen-bond donors (Lipinski definition) is 0. The fourth-order valence-electron chi connectivity index (χ4n) is 2.86. The Morgan fingerprint density at radius 3 is 2.54 bits per heavy atom. The Kier molecular flexibility index (Phi) is 4.12. The van der Waals surface area contributed by atoms with E-state index in [1.165, 1.54) is 5.56 Å². The molecule has 1 fully saturated rings. The summed E-state index contributed by atoms with van der Waals surface area (Å²) in [7, 11) is 0. The van der Waals surface area contributed by atoms with Gasteiger partial charge < -0.3 is 9.64 Å². The molecule has 0 atom stereocenters. The first-order chi connectivity index (χ1) is 11.8. The van der Waals surface area contributed by atoms with E-state index < -0.39 is 0 Å². The van der Waals surface area contributed by atoms with Crippen LogP contribution in [0.4, 0.5) is 5.82 Å². The normalized spacial score (nSPS) is 15.2. The molecule has 1 aromatic carbocycles. The summed E-state index contributed by atoms with van der Waals surface area (Å²) >= 11 is 1.55. The summed E-state index contributed by atoms with van der Waals surface area (Å²) < 4.78 is 7.35. The van der Waals surface area contributed by atoms with Crippen molar-refractivity contribution in [3.8, 4) is 5.69 Å². The first-order valence-corrected chi connectivity index (χ1v) is 9.18. The molecule has 24 heavy (non-hydrogen) atoms. The number of rotatable bonds is 3. The molecule has 0 aliphatic carbocycles. The second-order valence-electron chi connectivity index (χ2n) is 5.76. The third kappa shape index (κ3) is 2.74. The van der Waals surface area contributed by atoms with Gasteiger partial charge in [-0.1, -0.05) is 29.5 Å². The smallest absolute Gasteiger partial charge is 0.191 e. The Morgan fingerprint density at radius 1 is 1.08 bits per heavy atom. The molecule has 0 bridgehead atoms. The van der Waals surface area contributed by atoms with E-state index in [0.29, 0.717) is 0 Å². The summed E-state index contributed by atoms with van der Waals surface area (Å²) in [6.07, 6.45) is 3.86. The zero-order chi connectivity index (χ0) is 16.5. The van der Waals surface area contributed by atoms with Crippen LogP contribution in [0.15, 0.2) is 35.6 Å². The van der Waals surface area contributed by atoms with Crippen LogP contribution < -0.4 is 4.90 Å². The molecular weight excluding hydrogens is 322 g/mol. The lowest BCUT2D eigenvalue weighted by Gasteiger charge is -2.28. The minimum atomic E-state index is 0.728. The predicted octanol–water partition coefficient (Wildman–Crippen LogP) is 2.68. The van der Waals surface area contributed by atoms with E-state index in [1.54, 1.807) is 11.8 Å². The topological polar surface area (TPSA) is 56.1 Å². The maximum Gasteiger partial charge on any atom is 0.191 e. The minimum Gasteiger partial charge on any atom is -0.378 e. The van der Waals surface area contributed by atoms with Crippen LogP contribution in [0.5, 0.6) is 0 Å². The molecule has 0 radical (unpaired) electrons. The number of nitrogens with zero attached hydrogens (tertiary/aromatic N) is 5. The van der Waals surface area contributed by atoms with Crippen LogP contribution >= 0.6 is 11.8 Å². The molecule has 124 valence electrons. The second kappa shape index (κ2) is 6.41. The Balaban J connectivity index is 1.87. The van der Waals surface area contributed by atoms with Crippen molar-refractivity contribution in [3.63, 3.8) is 0 Å². The van der Waals surface area contributed by atoms with Crippen molar-refractivity contribution in [1.29, 1.82) is 0 Å². The first kappa shape index (κ1) is 15.4. The van der Waals surface area contributed by atoms with Crippen molar-refractivity contribution in [2.24, 2.45) is 0 Å². The fraction of sp³-hybridized carbons (Fsp3) is 0.353. The van der Waals surface area contributed by atoms with Crippen LogP contribution in [0, 0.1) is 6.92 Å². The number of ether oxygens (including phenoxy) is 1. The molecule has 6 nitrogen and oxygen atoms in total. The van der Waals surface area contributed by atoms with Gasteiger partial charge in [0.15, 0.2) is 10.8 Å². The van der Waals surface area contributed by atoms with Gasteiger partial charge in [0.1, 0.15) is 5.82 Å². The average molecular weight is 341 g/mol. The van der Waals surface area contributed by atoms with E-state index in [2.05, 4.69) is 41.2 Å². The zero-order valence-corrected chi connectivity index (χ0v) is 14.6. The summed E-state index contributed by atoms with van der Waals surface area (Å²) in [5.41, 5.74) is 3.08. The molecule has 0 spiro atoms. The number of morpholine rings is 1. The lowest BCUT2D eigenvalue weighted by atomic mass is 10.2. The van der Waals surface area contributed by atoms with Gasteiger partial charge in [0, 0.05) is 13.1 Å². The van der Waals surface area contributed by atoms with Gasteiger partial charge in [0.05, 0.1) is 30.5 Å². The van der Waals surface area contributed by atoms with Crippen molar-refractivity contribution < 1.29 is 4.74 Å². The number of anilines is 1. The van der Waals surface area contributed by atoms with Crippen molar-refractivity contribution >= 4 is 28.6 Å². The monoisotopic (exact) mass is 341 g/mol. The fourth-order valence-corrected chi connectivity index (χ4v) is 3.21. The van der Waals surface area contributed by atoms with Gasteiger partial charge in [-0.05, 0) is 25.3 Å². The second-order valence-corrected chi connectivity index (χ2v) is 6.54. The largest absolute Gasteiger partial charge is 0.378 e. The Bertz CT molecular complexity index is 855. The number of benzene rings is 1. The molecule has 0 N–H and O–H groups in total. The highest BCUT2D eigenvalue weighted by Crippen LogP contribution is 2.28. The van der Waals surface area contributed by atoms with Crippen molar-refractivity contribution in [2.75, 3.05) is 37.5 Å². The minimum absolute atomic E-state index is 0.728. The summed E-state index contributed by atoms with van der Waals surface area (Å²) in [5, 5.41) is 6.32. The van der Waals surface area contributed by atoms with Gasteiger partial charge >= 0.3 is 0 Å². The molecule has 3 aromatic rings. The van der Waals surface area contributed by atoms with E-state index in [9.17, 15) is 0 Å². The van der Waals surface area contributed by atoms with E-state index in [0.717, 1.165) is 54.0 Å². The molecule has 4 rings (SSSR count). The van der Waals surface area contributed by atoms with Gasteiger partial charge in [-0.25, -0.2) is 14.6 Å². The highest BCUT2D eigenvalue weighted by molar-refractivity contribution is 7.98. The summed E-state index contributed by atoms with van der Waals surface area (Å²) in [4.78, 5) is 11.7. The van der Waals surface area contributed by atoms with Crippen LogP contribution in [0.25, 0.3) is 16.7 Å². The number of hydrogen-bond acceptors (Lipinski definition) is 6. The Morgan fingerprint density at radius 2 is 1.83 bits per heavy atom. The SMILES string of the molecule is CSc1nc(N2CCOCC2)c2cnn(-c3ccc(C)cc3)c2n1. The van der Waals surface area contributed by atoms with Gasteiger partial charge in [-0.3, -0.25) is 0 Å². The summed E-state index contributed by atoms with van der Waals surface area (Å²) in [5.74, 6) is 0.950. The predicted molar refractivity (Wildman–Crippen MR) is 96.2 cm³/mol. The third-order valence-electron chi connectivity index (χ3n) is 4.16. The Hall–Kier alpha value is -2.12. The zero-order valence-electron chi connectivity index (χ0n) is 13.8. The number of fused-ring (bicyclic) bond motifs is 1. The number of aryl methyl sites for hydroxylation is 1. The molecule has 1 aliphatic heterocycles. The van der Waals surface area contributed by atoms with E-state index in [-0.39, 0.29) is 0 Å². The molecular formula is C17H19N5OS. The van der Waals surface area contributed by atoms with Crippen molar-refractivity contribution in [3.05, 3.63) is 36.0 Å². The van der Waals surface area contributed by atoms with Crippen LogP contribution in [-0.2, 0) is 4.74 Å². The van der Waals surface area contributed by atoms with Gasteiger partial charge in [0.2, 0.25) is 0 Å². The molecule has 1 saturated heterocycles. The average Bonchev–Trinajstić information content (AvgIpc) is 3.06. The molecule has 0 saturated carbocycles. The van der Waals surface area contributed by atoms with E-state index in [4.69, 9.17) is 14.7 Å². The lowest BCUT2D eigenvalue weighted by molar-refractivity contribution is 0.122. The van der Waals surface area contributed by atoms with Gasteiger partial charge in [-0.2, -0.15) is 5.10 Å². The maximum absolute atomic E-state index is 5.46.